The van der Waals surface area contributed by atoms with E-state index < -0.39 is 11.6 Å². The Kier molecular flexibility index (Phi) is 3.31. The van der Waals surface area contributed by atoms with E-state index in [2.05, 4.69) is 4.98 Å². The maximum atomic E-state index is 12.1. The fraction of sp³-hybridized carbons (Fsp3) is 0.133. The van der Waals surface area contributed by atoms with Crippen molar-refractivity contribution in [2.75, 3.05) is 0 Å². The highest BCUT2D eigenvalue weighted by Gasteiger charge is 2.11. The molecule has 3 aromatic rings. The Morgan fingerprint density at radius 3 is 2.81 bits per heavy atom. The quantitative estimate of drug-likeness (QED) is 0.413. The van der Waals surface area contributed by atoms with Crippen LogP contribution in [-0.2, 0) is 4.79 Å². The maximum absolute atomic E-state index is 12.1. The van der Waals surface area contributed by atoms with Gasteiger partial charge in [-0.15, -0.1) is 11.3 Å². The summed E-state index contributed by atoms with van der Waals surface area (Å²) in [7, 11) is 0. The molecule has 0 spiro atoms. The third-order valence-electron chi connectivity index (χ3n) is 2.86. The van der Waals surface area contributed by atoms with Crippen molar-refractivity contribution in [2.45, 2.75) is 13.8 Å². The number of esters is 1. The number of ether oxygens (including phenoxy) is 1. The monoisotopic (exact) mass is 301 g/mol. The molecule has 0 radical (unpaired) electrons. The minimum absolute atomic E-state index is 0.343. The summed E-state index contributed by atoms with van der Waals surface area (Å²) in [6.45, 7) is 3.19. The summed E-state index contributed by atoms with van der Waals surface area (Å²) in [5, 5.41) is 3.45. The molecular weight excluding hydrogens is 290 g/mol. The first kappa shape index (κ1) is 13.5. The second-order valence-corrected chi connectivity index (χ2v) is 5.55. The van der Waals surface area contributed by atoms with Crippen LogP contribution in [0.3, 0.4) is 0 Å². The van der Waals surface area contributed by atoms with Gasteiger partial charge in [-0.3, -0.25) is 4.79 Å². The highest BCUT2D eigenvalue weighted by Crippen LogP contribution is 2.25. The third-order valence-corrected chi connectivity index (χ3v) is 3.64. The van der Waals surface area contributed by atoms with Crippen molar-refractivity contribution < 1.29 is 13.9 Å². The maximum Gasteiger partial charge on any atom is 0.345 e. The van der Waals surface area contributed by atoms with Crippen LogP contribution in [0.1, 0.15) is 11.9 Å². The lowest BCUT2D eigenvalue weighted by Gasteiger charge is -2.03. The zero-order chi connectivity index (χ0) is 15.0. The van der Waals surface area contributed by atoms with Gasteiger partial charge in [-0.25, -0.2) is 9.78 Å². The zero-order valence-corrected chi connectivity index (χ0v) is 12.2. The Balaban J connectivity index is 2.12. The molecule has 0 saturated carbocycles. The number of carbonyl (C=O) groups excluding carboxylic acids is 1. The van der Waals surface area contributed by atoms with Crippen molar-refractivity contribution in [1.29, 1.82) is 0 Å². The van der Waals surface area contributed by atoms with Crippen LogP contribution in [-0.4, -0.2) is 11.0 Å². The van der Waals surface area contributed by atoms with E-state index in [4.69, 9.17) is 9.15 Å². The third kappa shape index (κ3) is 2.71. The number of rotatable bonds is 2. The summed E-state index contributed by atoms with van der Waals surface area (Å²) in [4.78, 5) is 27.3. The molecule has 0 atom stereocenters. The second kappa shape index (κ2) is 5.14. The van der Waals surface area contributed by atoms with Gasteiger partial charge < -0.3 is 9.15 Å². The Hall–Kier alpha value is -2.47. The predicted molar refractivity (Wildman–Crippen MR) is 79.6 cm³/mol. The molecule has 0 aliphatic carbocycles. The fourth-order valence-corrected chi connectivity index (χ4v) is 2.60. The average molecular weight is 301 g/mol. The number of thiazole rings is 1. The van der Waals surface area contributed by atoms with Gasteiger partial charge in [-0.2, -0.15) is 0 Å². The van der Waals surface area contributed by atoms with Crippen molar-refractivity contribution in [2.24, 2.45) is 0 Å². The first-order chi connectivity index (χ1) is 10.0. The first-order valence-corrected chi connectivity index (χ1v) is 7.10. The lowest BCUT2D eigenvalue weighted by Crippen LogP contribution is -2.04. The molecule has 0 bridgehead atoms. The molecule has 3 rings (SSSR count). The van der Waals surface area contributed by atoms with E-state index in [0.717, 1.165) is 10.4 Å². The molecule has 2 heterocycles. The summed E-state index contributed by atoms with van der Waals surface area (Å²) in [5.41, 5.74) is 0.937. The molecule has 0 aliphatic rings. The predicted octanol–water partition coefficient (Wildman–Crippen LogP) is 3.15. The Labute approximate surface area is 123 Å². The topological polar surface area (TPSA) is 69.4 Å². The van der Waals surface area contributed by atoms with Gasteiger partial charge in [0.05, 0.1) is 16.3 Å². The van der Waals surface area contributed by atoms with Crippen molar-refractivity contribution in [1.82, 2.24) is 4.98 Å². The molecule has 0 aliphatic heterocycles. The summed E-state index contributed by atoms with van der Waals surface area (Å²) in [5.74, 6) is -0.0818. The van der Waals surface area contributed by atoms with E-state index in [1.165, 1.54) is 24.3 Å². The Bertz CT molecular complexity index is 894. The molecule has 6 heteroatoms. The van der Waals surface area contributed by atoms with Gasteiger partial charge in [0.2, 0.25) is 0 Å². The van der Waals surface area contributed by atoms with Crippen molar-refractivity contribution >= 4 is 28.3 Å². The van der Waals surface area contributed by atoms with Gasteiger partial charge >= 0.3 is 11.6 Å². The van der Waals surface area contributed by atoms with Crippen LogP contribution in [0.4, 0.5) is 0 Å². The molecule has 0 unspecified atom stereocenters. The number of benzene rings is 1. The molecule has 106 valence electrons. The SMILES string of the molecule is CC(=O)Oc1ccc2cc(-c3csc(C)n3)c(=O)oc2c1. The van der Waals surface area contributed by atoms with Crippen LogP contribution in [0, 0.1) is 6.92 Å². The van der Waals surface area contributed by atoms with Crippen molar-refractivity contribution in [3.8, 4) is 17.0 Å². The van der Waals surface area contributed by atoms with E-state index in [-0.39, 0.29) is 0 Å². The summed E-state index contributed by atoms with van der Waals surface area (Å²) in [6.07, 6.45) is 0. The molecule has 0 fully saturated rings. The Morgan fingerprint density at radius 2 is 2.14 bits per heavy atom. The normalized spacial score (nSPS) is 10.8. The molecule has 0 N–H and O–H groups in total. The van der Waals surface area contributed by atoms with Crippen LogP contribution in [0.2, 0.25) is 0 Å². The standard InChI is InChI=1S/C15H11NO4S/c1-8-16-13(7-21-8)12-5-10-3-4-11(19-9(2)17)6-14(10)20-15(12)18/h3-7H,1-2H3. The van der Waals surface area contributed by atoms with Crippen LogP contribution >= 0.6 is 11.3 Å². The van der Waals surface area contributed by atoms with Crippen molar-refractivity contribution in [3.05, 3.63) is 45.1 Å². The van der Waals surface area contributed by atoms with Gasteiger partial charge in [0.1, 0.15) is 11.3 Å². The van der Waals surface area contributed by atoms with E-state index in [9.17, 15) is 9.59 Å². The molecule has 2 aromatic heterocycles. The summed E-state index contributed by atoms with van der Waals surface area (Å²) in [6, 6.07) is 6.64. The smallest absolute Gasteiger partial charge is 0.345 e. The fourth-order valence-electron chi connectivity index (χ4n) is 1.99. The number of nitrogens with zero attached hydrogens (tertiary/aromatic N) is 1. The zero-order valence-electron chi connectivity index (χ0n) is 11.4. The van der Waals surface area contributed by atoms with Gasteiger partial charge in [0.15, 0.2) is 0 Å². The number of hydrogen-bond acceptors (Lipinski definition) is 6. The van der Waals surface area contributed by atoms with E-state index in [1.807, 2.05) is 12.3 Å². The largest absolute Gasteiger partial charge is 0.427 e. The van der Waals surface area contributed by atoms with Crippen LogP contribution in [0.15, 0.2) is 38.9 Å². The molecule has 1 aromatic carbocycles. The van der Waals surface area contributed by atoms with Crippen LogP contribution in [0.25, 0.3) is 22.2 Å². The lowest BCUT2D eigenvalue weighted by molar-refractivity contribution is -0.131. The average Bonchev–Trinajstić information content (AvgIpc) is 2.83. The number of fused-ring (bicyclic) bond motifs is 1. The van der Waals surface area contributed by atoms with Crippen LogP contribution < -0.4 is 10.4 Å². The highest BCUT2D eigenvalue weighted by molar-refractivity contribution is 7.09. The molecule has 0 amide bonds. The number of aromatic nitrogens is 1. The van der Waals surface area contributed by atoms with Gasteiger partial charge in [0, 0.05) is 23.8 Å². The molecule has 5 nitrogen and oxygen atoms in total. The molecule has 0 saturated heterocycles. The van der Waals surface area contributed by atoms with Crippen LogP contribution in [0.5, 0.6) is 5.75 Å². The lowest BCUT2D eigenvalue weighted by atomic mass is 10.1. The minimum Gasteiger partial charge on any atom is -0.427 e. The van der Waals surface area contributed by atoms with Gasteiger partial charge in [-0.05, 0) is 25.1 Å². The minimum atomic E-state index is -0.465. The second-order valence-electron chi connectivity index (χ2n) is 4.49. The number of carbonyl (C=O) groups is 1. The molecule has 21 heavy (non-hydrogen) atoms. The highest BCUT2D eigenvalue weighted by atomic mass is 32.1. The first-order valence-electron chi connectivity index (χ1n) is 6.22. The molecular formula is C15H11NO4S. The summed E-state index contributed by atoms with van der Waals surface area (Å²) >= 11 is 1.47. The van der Waals surface area contributed by atoms with E-state index in [1.54, 1.807) is 18.2 Å². The Morgan fingerprint density at radius 1 is 1.33 bits per heavy atom. The number of hydrogen-bond donors (Lipinski definition) is 0. The summed E-state index contributed by atoms with van der Waals surface area (Å²) < 4.78 is 10.3. The van der Waals surface area contributed by atoms with Gasteiger partial charge in [0.25, 0.3) is 0 Å². The van der Waals surface area contributed by atoms with Gasteiger partial charge in [-0.1, -0.05) is 0 Å². The van der Waals surface area contributed by atoms with E-state index in [0.29, 0.717) is 22.6 Å². The van der Waals surface area contributed by atoms with Crippen molar-refractivity contribution in [3.63, 3.8) is 0 Å². The van der Waals surface area contributed by atoms with E-state index >= 15 is 0 Å². The number of aryl methyl sites for hydroxylation is 1.